The molecule has 0 aliphatic rings. The van der Waals surface area contributed by atoms with E-state index in [0.717, 1.165) is 11.0 Å². The summed E-state index contributed by atoms with van der Waals surface area (Å²) < 4.78 is 83.9. The van der Waals surface area contributed by atoms with Crippen LogP contribution in [0.25, 0.3) is 0 Å². The van der Waals surface area contributed by atoms with Crippen molar-refractivity contribution in [2.45, 2.75) is 4.90 Å². The van der Waals surface area contributed by atoms with Gasteiger partial charge in [0.15, 0.2) is 0 Å². The van der Waals surface area contributed by atoms with Gasteiger partial charge in [0.2, 0.25) is 0 Å². The topological polar surface area (TPSA) is 136 Å². The molecule has 0 unspecified atom stereocenters. The molecule has 0 atom stereocenters. The number of hydrogen-bond donors (Lipinski definition) is 0. The molecule has 0 radical (unpaired) electrons. The fourth-order valence-electron chi connectivity index (χ4n) is 2.99. The van der Waals surface area contributed by atoms with Crippen LogP contribution in [0.2, 0.25) is 0 Å². The van der Waals surface area contributed by atoms with Gasteiger partial charge < -0.3 is 47.4 Å². The van der Waals surface area contributed by atoms with E-state index in [-0.39, 0.29) is 18.1 Å². The summed E-state index contributed by atoms with van der Waals surface area (Å²) in [5.74, 6) is 0. The van der Waals surface area contributed by atoms with Gasteiger partial charge in [-0.05, 0) is 12.1 Å². The molecule has 0 aromatic heterocycles. The SMILES string of the molecule is O=S(=O)(OCCOCCOCCOCCOCCOCCOCCOCCOCCOCCOCCI)c1ccccc1. The number of rotatable bonds is 34. The van der Waals surface area contributed by atoms with Gasteiger partial charge in [0.05, 0.1) is 144 Å². The van der Waals surface area contributed by atoms with Crippen molar-refractivity contribution in [1.82, 2.24) is 0 Å². The molecule has 252 valence electrons. The van der Waals surface area contributed by atoms with Gasteiger partial charge in [-0.2, -0.15) is 8.42 Å². The zero-order valence-corrected chi connectivity index (χ0v) is 28.0. The normalized spacial score (nSPS) is 11.8. The molecule has 15 heteroatoms. The number of ether oxygens (including phenoxy) is 10. The van der Waals surface area contributed by atoms with E-state index in [1.807, 2.05) is 0 Å². The van der Waals surface area contributed by atoms with Crippen LogP contribution in [-0.2, 0) is 61.7 Å². The van der Waals surface area contributed by atoms with Crippen molar-refractivity contribution in [3.8, 4) is 0 Å². The fraction of sp³-hybridized carbons (Fsp3) is 0.786. The quantitative estimate of drug-likeness (QED) is 0.0440. The minimum absolute atomic E-state index is 0.0560. The van der Waals surface area contributed by atoms with Gasteiger partial charge in [-0.15, -0.1) is 0 Å². The van der Waals surface area contributed by atoms with Crippen molar-refractivity contribution in [3.05, 3.63) is 30.3 Å². The summed E-state index contributed by atoms with van der Waals surface area (Å²) in [5.41, 5.74) is 0. The predicted molar refractivity (Wildman–Crippen MR) is 167 cm³/mol. The molecule has 0 amide bonds. The summed E-state index contributed by atoms with van der Waals surface area (Å²) in [4.78, 5) is 0.122. The summed E-state index contributed by atoms with van der Waals surface area (Å²) in [6.07, 6.45) is 0. The van der Waals surface area contributed by atoms with E-state index >= 15 is 0 Å². The minimum atomic E-state index is -3.75. The van der Waals surface area contributed by atoms with Crippen molar-refractivity contribution in [2.75, 3.05) is 143 Å². The lowest BCUT2D eigenvalue weighted by Gasteiger charge is -2.09. The van der Waals surface area contributed by atoms with Gasteiger partial charge in [-0.25, -0.2) is 0 Å². The van der Waals surface area contributed by atoms with Crippen LogP contribution in [0.4, 0.5) is 0 Å². The molecule has 0 aliphatic carbocycles. The van der Waals surface area contributed by atoms with Crippen molar-refractivity contribution in [1.29, 1.82) is 0 Å². The molecule has 1 aromatic carbocycles. The molecular weight excluding hydrogens is 703 g/mol. The number of alkyl halides is 1. The summed E-state index contributed by atoms with van der Waals surface area (Å²) in [7, 11) is -3.75. The Morgan fingerprint density at radius 2 is 0.651 bits per heavy atom. The van der Waals surface area contributed by atoms with Crippen molar-refractivity contribution in [3.63, 3.8) is 0 Å². The van der Waals surface area contributed by atoms with Crippen LogP contribution in [0.3, 0.4) is 0 Å². The molecular formula is C28H49IO13S. The Balaban J connectivity index is 1.67. The molecule has 0 N–H and O–H groups in total. The van der Waals surface area contributed by atoms with Gasteiger partial charge in [0.1, 0.15) is 0 Å². The van der Waals surface area contributed by atoms with E-state index in [9.17, 15) is 8.42 Å². The minimum Gasteiger partial charge on any atom is -0.378 e. The predicted octanol–water partition coefficient (Wildman–Crippen LogP) is 1.99. The van der Waals surface area contributed by atoms with Crippen molar-refractivity contribution in [2.24, 2.45) is 0 Å². The van der Waals surface area contributed by atoms with Crippen LogP contribution >= 0.6 is 22.6 Å². The molecule has 0 fully saturated rings. The fourth-order valence-corrected chi connectivity index (χ4v) is 4.22. The maximum absolute atomic E-state index is 12.0. The Labute approximate surface area is 270 Å². The lowest BCUT2D eigenvalue weighted by atomic mass is 10.4. The van der Waals surface area contributed by atoms with Gasteiger partial charge in [0, 0.05) is 4.43 Å². The Kier molecular flexibility index (Phi) is 29.6. The molecule has 1 rings (SSSR count). The third-order valence-electron chi connectivity index (χ3n) is 5.07. The van der Waals surface area contributed by atoms with Gasteiger partial charge in [-0.1, -0.05) is 40.8 Å². The maximum atomic E-state index is 12.0. The van der Waals surface area contributed by atoms with Gasteiger partial charge in [-0.3, -0.25) is 4.18 Å². The largest absolute Gasteiger partial charge is 0.378 e. The third kappa shape index (κ3) is 27.5. The summed E-state index contributed by atoms with van der Waals surface area (Å²) in [6, 6.07) is 7.98. The van der Waals surface area contributed by atoms with Crippen LogP contribution in [0, 0.1) is 0 Å². The Morgan fingerprint density at radius 3 is 0.930 bits per heavy atom. The maximum Gasteiger partial charge on any atom is 0.297 e. The first-order valence-corrected chi connectivity index (χ1v) is 17.4. The average Bonchev–Trinajstić information content (AvgIpc) is 3.02. The molecule has 0 spiro atoms. The van der Waals surface area contributed by atoms with Gasteiger partial charge in [0.25, 0.3) is 10.1 Å². The van der Waals surface area contributed by atoms with Crippen LogP contribution in [-0.4, -0.2) is 152 Å². The average molecular weight is 753 g/mol. The molecule has 0 saturated heterocycles. The highest BCUT2D eigenvalue weighted by molar-refractivity contribution is 14.1. The van der Waals surface area contributed by atoms with Gasteiger partial charge >= 0.3 is 0 Å². The van der Waals surface area contributed by atoms with E-state index in [0.29, 0.717) is 119 Å². The van der Waals surface area contributed by atoms with Crippen LogP contribution in [0.5, 0.6) is 0 Å². The number of benzene rings is 1. The summed E-state index contributed by atoms with van der Waals surface area (Å²) in [6.45, 7) is 9.68. The zero-order chi connectivity index (χ0) is 30.9. The second-order valence-corrected chi connectivity index (χ2v) is 11.1. The monoisotopic (exact) mass is 752 g/mol. The first-order chi connectivity index (χ1) is 21.2. The molecule has 13 nitrogen and oxygen atoms in total. The van der Waals surface area contributed by atoms with Crippen LogP contribution < -0.4 is 0 Å². The van der Waals surface area contributed by atoms with E-state index in [4.69, 9.17) is 51.6 Å². The third-order valence-corrected chi connectivity index (χ3v) is 6.83. The summed E-state index contributed by atoms with van der Waals surface area (Å²) in [5, 5.41) is 0. The second-order valence-electron chi connectivity index (χ2n) is 8.40. The van der Waals surface area contributed by atoms with E-state index < -0.39 is 10.1 Å². The first kappa shape index (κ1) is 40.5. The molecule has 0 bridgehead atoms. The molecule has 0 aliphatic heterocycles. The molecule has 0 saturated carbocycles. The van der Waals surface area contributed by atoms with Crippen LogP contribution in [0.15, 0.2) is 35.2 Å². The lowest BCUT2D eigenvalue weighted by Crippen LogP contribution is -2.15. The molecule has 0 heterocycles. The van der Waals surface area contributed by atoms with Crippen molar-refractivity contribution >= 4 is 32.7 Å². The summed E-state index contributed by atoms with van der Waals surface area (Å²) >= 11 is 2.27. The van der Waals surface area contributed by atoms with E-state index in [2.05, 4.69) is 22.6 Å². The first-order valence-electron chi connectivity index (χ1n) is 14.4. The highest BCUT2D eigenvalue weighted by Gasteiger charge is 2.13. The molecule has 43 heavy (non-hydrogen) atoms. The second kappa shape index (κ2) is 31.4. The number of halogens is 1. The highest BCUT2D eigenvalue weighted by atomic mass is 127. The number of hydrogen-bond acceptors (Lipinski definition) is 13. The highest BCUT2D eigenvalue weighted by Crippen LogP contribution is 2.10. The van der Waals surface area contributed by atoms with Crippen molar-refractivity contribution < 1.29 is 60.0 Å². The molecule has 1 aromatic rings. The smallest absolute Gasteiger partial charge is 0.297 e. The van der Waals surface area contributed by atoms with E-state index in [1.165, 1.54) is 12.1 Å². The standard InChI is InChI=1S/C28H49IO13S/c29-6-7-32-8-9-33-10-11-34-12-13-35-14-15-36-16-17-37-18-19-38-20-21-39-22-23-40-24-25-41-26-27-42-43(30,31)28-4-2-1-3-5-28/h1-5H,6-27H2. The zero-order valence-electron chi connectivity index (χ0n) is 25.0. The Hall–Kier alpha value is -0.540. The Morgan fingerprint density at radius 1 is 0.395 bits per heavy atom. The Bertz CT molecular complexity index is 805. The van der Waals surface area contributed by atoms with Crippen LogP contribution in [0.1, 0.15) is 0 Å². The lowest BCUT2D eigenvalue weighted by molar-refractivity contribution is -0.0265. The van der Waals surface area contributed by atoms with E-state index in [1.54, 1.807) is 18.2 Å².